The summed E-state index contributed by atoms with van der Waals surface area (Å²) in [6.07, 6.45) is 0.786. The van der Waals surface area contributed by atoms with Crippen LogP contribution in [0.3, 0.4) is 0 Å². The van der Waals surface area contributed by atoms with Crippen LogP contribution < -0.4 is 15.5 Å². The molecule has 0 saturated carbocycles. The van der Waals surface area contributed by atoms with Crippen molar-refractivity contribution in [2.24, 2.45) is 0 Å². The number of benzene rings is 1. The Balaban J connectivity index is 1.76. The van der Waals surface area contributed by atoms with Crippen molar-refractivity contribution in [1.29, 1.82) is 0 Å². The summed E-state index contributed by atoms with van der Waals surface area (Å²) >= 11 is 5.76. The van der Waals surface area contributed by atoms with E-state index < -0.39 is 6.09 Å². The van der Waals surface area contributed by atoms with Crippen molar-refractivity contribution in [2.75, 3.05) is 31.1 Å². The van der Waals surface area contributed by atoms with E-state index in [1.54, 1.807) is 12.1 Å². The van der Waals surface area contributed by atoms with Gasteiger partial charge in [-0.15, -0.1) is 0 Å². The van der Waals surface area contributed by atoms with Crippen LogP contribution >= 0.6 is 11.6 Å². The first kappa shape index (κ1) is 15.9. The van der Waals surface area contributed by atoms with E-state index >= 15 is 0 Å². The van der Waals surface area contributed by atoms with Crippen molar-refractivity contribution in [3.8, 4) is 0 Å². The molecule has 21 heavy (non-hydrogen) atoms. The monoisotopic (exact) mass is 315 g/mol. The molecule has 1 aliphatic heterocycles. The molecule has 3 N–H and O–H groups in total. The number of anilines is 1. The number of carbonyl (C=O) groups is 1. The van der Waals surface area contributed by atoms with Crippen molar-refractivity contribution in [1.82, 2.24) is 10.6 Å². The Labute approximate surface area is 128 Å². The quantitative estimate of drug-likeness (QED) is 0.730. The van der Waals surface area contributed by atoms with E-state index in [1.807, 2.05) is 4.90 Å². The number of rotatable bonds is 5. The topological polar surface area (TPSA) is 64.6 Å². The first-order valence-corrected chi connectivity index (χ1v) is 7.34. The van der Waals surface area contributed by atoms with Crippen molar-refractivity contribution in [3.05, 3.63) is 29.0 Å². The average Bonchev–Trinajstić information content (AvgIpc) is 2.44. The number of piperidine rings is 1. The third-order valence-electron chi connectivity index (χ3n) is 3.58. The van der Waals surface area contributed by atoms with Gasteiger partial charge in [-0.3, -0.25) is 0 Å². The third kappa shape index (κ3) is 4.75. The van der Waals surface area contributed by atoms with Crippen LogP contribution in [0.25, 0.3) is 0 Å². The van der Waals surface area contributed by atoms with Gasteiger partial charge in [0, 0.05) is 37.2 Å². The summed E-state index contributed by atoms with van der Waals surface area (Å²) in [5.41, 5.74) is 0.588. The van der Waals surface area contributed by atoms with E-state index in [9.17, 15) is 9.18 Å². The number of nitrogens with one attached hydrogen (secondary N) is 2. The van der Waals surface area contributed by atoms with Gasteiger partial charge in [-0.1, -0.05) is 11.6 Å². The van der Waals surface area contributed by atoms with E-state index in [4.69, 9.17) is 16.7 Å². The second-order valence-corrected chi connectivity index (χ2v) is 5.48. The molecule has 1 aromatic carbocycles. The fraction of sp³-hybridized carbons (Fsp3) is 0.500. The van der Waals surface area contributed by atoms with Crippen LogP contribution in [0.15, 0.2) is 18.2 Å². The molecule has 1 saturated heterocycles. The molecule has 0 radical (unpaired) electrons. The molecule has 1 fully saturated rings. The first-order chi connectivity index (χ1) is 10.1. The van der Waals surface area contributed by atoms with Crippen LogP contribution in [-0.4, -0.2) is 43.4 Å². The molecule has 0 aromatic heterocycles. The van der Waals surface area contributed by atoms with Gasteiger partial charge in [-0.05, 0) is 31.0 Å². The van der Waals surface area contributed by atoms with E-state index in [1.165, 1.54) is 6.07 Å². The Morgan fingerprint density at radius 1 is 1.38 bits per heavy atom. The van der Waals surface area contributed by atoms with Gasteiger partial charge in [0.25, 0.3) is 0 Å². The molecule has 0 unspecified atom stereocenters. The van der Waals surface area contributed by atoms with Crippen LogP contribution in [0.1, 0.15) is 12.8 Å². The molecule has 0 spiro atoms. The Morgan fingerprint density at radius 2 is 2.10 bits per heavy atom. The Bertz CT molecular complexity index is 493. The molecule has 0 bridgehead atoms. The van der Waals surface area contributed by atoms with Crippen molar-refractivity contribution in [2.45, 2.75) is 18.9 Å². The summed E-state index contributed by atoms with van der Waals surface area (Å²) in [6.45, 7) is 2.53. The van der Waals surface area contributed by atoms with Crippen LogP contribution in [0, 0.1) is 5.82 Å². The van der Waals surface area contributed by atoms with Gasteiger partial charge in [0.15, 0.2) is 0 Å². The van der Waals surface area contributed by atoms with Crippen LogP contribution in [-0.2, 0) is 0 Å². The smallest absolute Gasteiger partial charge is 0.404 e. The van der Waals surface area contributed by atoms with Crippen LogP contribution in [0.4, 0.5) is 14.9 Å². The number of hydrogen-bond donors (Lipinski definition) is 3. The SMILES string of the molecule is O=C(O)NCCNC1CCN(c2ccc(Cl)cc2F)CC1. The number of hydrogen-bond acceptors (Lipinski definition) is 3. The molecule has 5 nitrogen and oxygen atoms in total. The zero-order valence-electron chi connectivity index (χ0n) is 11.6. The average molecular weight is 316 g/mol. The molecule has 7 heteroatoms. The van der Waals surface area contributed by atoms with E-state index in [0.29, 0.717) is 29.8 Å². The number of amides is 1. The van der Waals surface area contributed by atoms with Gasteiger partial charge in [-0.25, -0.2) is 9.18 Å². The van der Waals surface area contributed by atoms with Crippen LogP contribution in [0.5, 0.6) is 0 Å². The minimum Gasteiger partial charge on any atom is -0.465 e. The lowest BCUT2D eigenvalue weighted by Crippen LogP contribution is -2.44. The summed E-state index contributed by atoms with van der Waals surface area (Å²) < 4.78 is 13.9. The van der Waals surface area contributed by atoms with Gasteiger partial charge >= 0.3 is 6.09 Å². The number of nitrogens with zero attached hydrogens (tertiary/aromatic N) is 1. The van der Waals surface area contributed by atoms with Crippen molar-refractivity contribution < 1.29 is 14.3 Å². The summed E-state index contributed by atoms with van der Waals surface area (Å²) in [7, 11) is 0. The second kappa shape index (κ2) is 7.47. The number of carboxylic acid groups (broad SMARTS) is 1. The minimum atomic E-state index is -1.01. The van der Waals surface area contributed by atoms with E-state index in [2.05, 4.69) is 10.6 Å². The van der Waals surface area contributed by atoms with Gasteiger partial charge in [0.05, 0.1) is 5.69 Å². The molecule has 0 atom stereocenters. The maximum atomic E-state index is 13.9. The van der Waals surface area contributed by atoms with Gasteiger partial charge < -0.3 is 20.6 Å². The highest BCUT2D eigenvalue weighted by atomic mass is 35.5. The third-order valence-corrected chi connectivity index (χ3v) is 3.81. The lowest BCUT2D eigenvalue weighted by molar-refractivity contribution is 0.194. The normalized spacial score (nSPS) is 16.0. The van der Waals surface area contributed by atoms with Crippen LogP contribution in [0.2, 0.25) is 5.02 Å². The lowest BCUT2D eigenvalue weighted by atomic mass is 10.0. The predicted octanol–water partition coefficient (Wildman–Crippen LogP) is 2.31. The van der Waals surface area contributed by atoms with Gasteiger partial charge in [-0.2, -0.15) is 0 Å². The zero-order valence-corrected chi connectivity index (χ0v) is 12.4. The minimum absolute atomic E-state index is 0.292. The molecule has 0 aliphatic carbocycles. The molecule has 1 aromatic rings. The largest absolute Gasteiger partial charge is 0.465 e. The second-order valence-electron chi connectivity index (χ2n) is 5.04. The molecule has 2 rings (SSSR count). The summed E-state index contributed by atoms with van der Waals surface area (Å²) in [6, 6.07) is 5.08. The van der Waals surface area contributed by atoms with E-state index in [-0.39, 0.29) is 5.82 Å². The fourth-order valence-electron chi connectivity index (χ4n) is 2.51. The summed E-state index contributed by atoms with van der Waals surface area (Å²) in [5.74, 6) is -0.292. The zero-order chi connectivity index (χ0) is 15.2. The Hall–Kier alpha value is -1.53. The van der Waals surface area contributed by atoms with Gasteiger partial charge in [0.1, 0.15) is 5.82 Å². The molecule has 116 valence electrons. The Kier molecular flexibility index (Phi) is 5.64. The molecule has 1 amide bonds. The van der Waals surface area contributed by atoms with Crippen molar-refractivity contribution in [3.63, 3.8) is 0 Å². The maximum Gasteiger partial charge on any atom is 0.404 e. The first-order valence-electron chi connectivity index (χ1n) is 6.96. The van der Waals surface area contributed by atoms with E-state index in [0.717, 1.165) is 25.9 Å². The van der Waals surface area contributed by atoms with Crippen molar-refractivity contribution >= 4 is 23.4 Å². The molecular formula is C14H19ClFN3O2. The standard InChI is InChI=1S/C14H19ClFN3O2/c15-10-1-2-13(12(16)9-10)19-7-3-11(4-8-19)17-5-6-18-14(20)21/h1-2,9,11,17-18H,3-8H2,(H,20,21). The fourth-order valence-corrected chi connectivity index (χ4v) is 2.67. The molecular weight excluding hydrogens is 297 g/mol. The number of halogens is 2. The Morgan fingerprint density at radius 3 is 2.71 bits per heavy atom. The highest BCUT2D eigenvalue weighted by molar-refractivity contribution is 6.30. The summed E-state index contributed by atoms with van der Waals surface area (Å²) in [4.78, 5) is 12.3. The molecule has 1 heterocycles. The summed E-state index contributed by atoms with van der Waals surface area (Å²) in [5, 5.41) is 14.5. The predicted molar refractivity (Wildman–Crippen MR) is 80.7 cm³/mol. The molecule has 1 aliphatic rings. The van der Waals surface area contributed by atoms with Gasteiger partial charge in [0.2, 0.25) is 0 Å². The highest BCUT2D eigenvalue weighted by Gasteiger charge is 2.20. The highest BCUT2D eigenvalue weighted by Crippen LogP contribution is 2.25. The maximum absolute atomic E-state index is 13.9. The lowest BCUT2D eigenvalue weighted by Gasteiger charge is -2.34.